The highest BCUT2D eigenvalue weighted by molar-refractivity contribution is 6.14. The van der Waals surface area contributed by atoms with E-state index < -0.39 is 33.9 Å². The highest BCUT2D eigenvalue weighted by Gasteiger charge is 2.39. The highest BCUT2D eigenvalue weighted by atomic mass is 19.1. The standard InChI is InChI=1S/C24H33FN4O7/c1-5-35-23(30)17(24(31)36-6-2)14-28(16-7-8-16)22-18(15-34-4)21(19(25)13-20(22)29(32)33)27-11-9-26(3)10-12-27/h13-14,16H,5-12,15H2,1-4H3. The number of likely N-dealkylation sites (N-methyl/N-ethyl adjacent to an activating group) is 1. The normalized spacial score (nSPS) is 15.9. The molecule has 1 saturated heterocycles. The van der Waals surface area contributed by atoms with E-state index in [1.54, 1.807) is 13.8 Å². The molecule has 0 atom stereocenters. The minimum atomic E-state index is -0.904. The van der Waals surface area contributed by atoms with Crippen LogP contribution >= 0.6 is 0 Å². The van der Waals surface area contributed by atoms with Gasteiger partial charge in [0.05, 0.1) is 36.5 Å². The first-order chi connectivity index (χ1) is 17.2. The SMILES string of the molecule is CCOC(=O)C(=CN(c1c([N+](=O)[O-])cc(F)c(N2CCN(C)CC2)c1COC)C1CC1)C(=O)OCC. The summed E-state index contributed by atoms with van der Waals surface area (Å²) in [6.07, 6.45) is 2.57. The molecule has 0 aromatic heterocycles. The molecule has 3 rings (SSSR count). The van der Waals surface area contributed by atoms with Crippen molar-refractivity contribution >= 4 is 29.0 Å². The maximum atomic E-state index is 15.5. The Morgan fingerprint density at radius 1 is 1.17 bits per heavy atom. The summed E-state index contributed by atoms with van der Waals surface area (Å²) in [4.78, 5) is 42.2. The number of nitro groups is 1. The zero-order valence-corrected chi connectivity index (χ0v) is 21.1. The molecule has 2 aliphatic rings. The van der Waals surface area contributed by atoms with Crippen LogP contribution in [0.5, 0.6) is 0 Å². The number of benzene rings is 1. The summed E-state index contributed by atoms with van der Waals surface area (Å²) < 4.78 is 30.9. The molecule has 0 radical (unpaired) electrons. The number of halogens is 1. The zero-order valence-electron chi connectivity index (χ0n) is 21.1. The van der Waals surface area contributed by atoms with Crippen LogP contribution in [0.25, 0.3) is 0 Å². The molecule has 0 unspecified atom stereocenters. The van der Waals surface area contributed by atoms with Crippen molar-refractivity contribution in [1.29, 1.82) is 0 Å². The van der Waals surface area contributed by atoms with Gasteiger partial charge in [0.15, 0.2) is 11.4 Å². The van der Waals surface area contributed by atoms with Gasteiger partial charge in [0.2, 0.25) is 0 Å². The van der Waals surface area contributed by atoms with Gasteiger partial charge in [0.25, 0.3) is 5.69 Å². The number of piperazine rings is 1. The number of anilines is 2. The van der Waals surface area contributed by atoms with E-state index in [-0.39, 0.29) is 42.8 Å². The van der Waals surface area contributed by atoms with Crippen LogP contribution in [0.3, 0.4) is 0 Å². The number of hydrogen-bond acceptors (Lipinski definition) is 10. The fraction of sp³-hybridized carbons (Fsp3) is 0.583. The number of hydrogen-bond donors (Lipinski definition) is 0. The van der Waals surface area contributed by atoms with Crippen molar-refractivity contribution < 1.29 is 33.1 Å². The number of carbonyl (C=O) groups excluding carboxylic acids is 2. The predicted octanol–water partition coefficient (Wildman–Crippen LogP) is 2.61. The van der Waals surface area contributed by atoms with Gasteiger partial charge in [-0.1, -0.05) is 0 Å². The lowest BCUT2D eigenvalue weighted by Crippen LogP contribution is -2.45. The topological polar surface area (TPSA) is 115 Å². The molecule has 36 heavy (non-hydrogen) atoms. The van der Waals surface area contributed by atoms with E-state index in [1.165, 1.54) is 18.2 Å². The van der Waals surface area contributed by atoms with Crippen molar-refractivity contribution in [1.82, 2.24) is 4.90 Å². The van der Waals surface area contributed by atoms with Gasteiger partial charge in [-0.3, -0.25) is 10.1 Å². The average molecular weight is 509 g/mol. The van der Waals surface area contributed by atoms with Crippen molar-refractivity contribution in [2.45, 2.75) is 39.3 Å². The first-order valence-corrected chi connectivity index (χ1v) is 12.0. The number of nitro benzene ring substituents is 1. The second kappa shape index (κ2) is 12.1. The number of esters is 2. The van der Waals surface area contributed by atoms with Gasteiger partial charge in [0, 0.05) is 51.1 Å². The van der Waals surface area contributed by atoms with E-state index in [0.717, 1.165) is 6.07 Å². The van der Waals surface area contributed by atoms with Crippen LogP contribution in [0.1, 0.15) is 32.3 Å². The summed E-state index contributed by atoms with van der Waals surface area (Å²) in [5.74, 6) is -2.53. The predicted molar refractivity (Wildman–Crippen MR) is 130 cm³/mol. The van der Waals surface area contributed by atoms with Crippen molar-refractivity contribution in [3.63, 3.8) is 0 Å². The van der Waals surface area contributed by atoms with Gasteiger partial charge in [-0.15, -0.1) is 0 Å². The zero-order chi connectivity index (χ0) is 26.4. The molecular weight excluding hydrogens is 475 g/mol. The molecule has 1 aromatic rings. The number of nitrogens with zero attached hydrogens (tertiary/aromatic N) is 4. The van der Waals surface area contributed by atoms with Gasteiger partial charge in [-0.05, 0) is 33.7 Å². The Balaban J connectivity index is 2.25. The summed E-state index contributed by atoms with van der Waals surface area (Å²) in [7, 11) is 3.39. The third kappa shape index (κ3) is 6.11. The molecule has 1 heterocycles. The van der Waals surface area contributed by atoms with E-state index in [4.69, 9.17) is 14.2 Å². The fourth-order valence-electron chi connectivity index (χ4n) is 4.20. The molecule has 0 N–H and O–H groups in total. The number of carbonyl (C=O) groups is 2. The quantitative estimate of drug-likeness (QED) is 0.110. The second-order valence-corrected chi connectivity index (χ2v) is 8.66. The lowest BCUT2D eigenvalue weighted by atomic mass is 10.0. The van der Waals surface area contributed by atoms with Crippen LogP contribution in [0.15, 0.2) is 17.8 Å². The number of methoxy groups -OCH3 is 1. The third-order valence-electron chi connectivity index (χ3n) is 6.07. The Morgan fingerprint density at radius 2 is 1.75 bits per heavy atom. The summed E-state index contributed by atoms with van der Waals surface area (Å²) in [5.41, 5.74) is -0.283. The van der Waals surface area contributed by atoms with Crippen LogP contribution in [-0.2, 0) is 30.4 Å². The lowest BCUT2D eigenvalue weighted by molar-refractivity contribution is -0.384. The highest BCUT2D eigenvalue weighted by Crippen LogP contribution is 2.45. The van der Waals surface area contributed by atoms with Gasteiger partial charge >= 0.3 is 11.9 Å². The summed E-state index contributed by atoms with van der Waals surface area (Å²) in [6, 6.07) is 0.670. The Labute approximate surface area is 209 Å². The van der Waals surface area contributed by atoms with E-state index in [2.05, 4.69) is 4.90 Å². The van der Waals surface area contributed by atoms with Gasteiger partial charge in [-0.2, -0.15) is 0 Å². The molecule has 0 spiro atoms. The van der Waals surface area contributed by atoms with Crippen LogP contribution < -0.4 is 9.80 Å². The molecule has 1 saturated carbocycles. The van der Waals surface area contributed by atoms with Crippen molar-refractivity contribution in [3.05, 3.63) is 39.3 Å². The molecule has 0 amide bonds. The smallest absolute Gasteiger partial charge is 0.347 e. The molecule has 198 valence electrons. The van der Waals surface area contributed by atoms with Gasteiger partial charge in [0.1, 0.15) is 5.69 Å². The molecule has 11 nitrogen and oxygen atoms in total. The second-order valence-electron chi connectivity index (χ2n) is 8.66. The number of rotatable bonds is 11. The molecular formula is C24H33FN4O7. The Hall–Kier alpha value is -3.25. The third-order valence-corrected chi connectivity index (χ3v) is 6.07. The molecule has 1 aliphatic heterocycles. The van der Waals surface area contributed by atoms with Crippen molar-refractivity contribution in [2.75, 3.05) is 63.4 Å². The summed E-state index contributed by atoms with van der Waals surface area (Å²) >= 11 is 0. The minimum absolute atomic E-state index is 0.0260. The molecule has 1 aromatic carbocycles. The van der Waals surface area contributed by atoms with Crippen molar-refractivity contribution in [2.24, 2.45) is 0 Å². The monoisotopic (exact) mass is 508 g/mol. The molecule has 1 aliphatic carbocycles. The van der Waals surface area contributed by atoms with E-state index in [9.17, 15) is 19.7 Å². The Morgan fingerprint density at radius 3 is 2.22 bits per heavy atom. The first-order valence-electron chi connectivity index (χ1n) is 12.0. The van der Waals surface area contributed by atoms with Gasteiger partial charge < -0.3 is 28.9 Å². The Kier molecular flexibility index (Phi) is 9.21. The lowest BCUT2D eigenvalue weighted by Gasteiger charge is -2.36. The average Bonchev–Trinajstić information content (AvgIpc) is 3.67. The largest absolute Gasteiger partial charge is 0.462 e. The van der Waals surface area contributed by atoms with Crippen LogP contribution in [0.4, 0.5) is 21.5 Å². The first kappa shape index (κ1) is 27.3. The van der Waals surface area contributed by atoms with Crippen molar-refractivity contribution in [3.8, 4) is 0 Å². The maximum Gasteiger partial charge on any atom is 0.347 e. The molecule has 2 fully saturated rings. The molecule has 0 bridgehead atoms. The van der Waals surface area contributed by atoms with Crippen LogP contribution in [-0.4, -0.2) is 81.4 Å². The van der Waals surface area contributed by atoms with Crippen LogP contribution in [0.2, 0.25) is 0 Å². The Bertz CT molecular complexity index is 1000. The summed E-state index contributed by atoms with van der Waals surface area (Å²) in [5, 5.41) is 12.1. The number of ether oxygens (including phenoxy) is 3. The van der Waals surface area contributed by atoms with Crippen LogP contribution in [0, 0.1) is 15.9 Å². The van der Waals surface area contributed by atoms with Gasteiger partial charge in [-0.25, -0.2) is 14.0 Å². The molecule has 12 heteroatoms. The van der Waals surface area contributed by atoms with E-state index in [1.807, 2.05) is 11.9 Å². The minimum Gasteiger partial charge on any atom is -0.462 e. The van der Waals surface area contributed by atoms with E-state index >= 15 is 4.39 Å². The maximum absolute atomic E-state index is 15.5. The summed E-state index contributed by atoms with van der Waals surface area (Å²) in [6.45, 7) is 5.58. The fourth-order valence-corrected chi connectivity index (χ4v) is 4.20. The van der Waals surface area contributed by atoms with E-state index in [0.29, 0.717) is 39.0 Å².